The molecule has 1 heterocycles. The Hall–Kier alpha value is -1.10. The SMILES string of the molecule is CCC(CC)(CNC(=O)c1ccnc(F)c1)SC. The summed E-state index contributed by atoms with van der Waals surface area (Å²) in [4.78, 5) is 15.3. The molecule has 1 aromatic rings. The van der Waals surface area contributed by atoms with E-state index in [1.807, 2.05) is 6.26 Å². The van der Waals surface area contributed by atoms with Gasteiger partial charge in [0.1, 0.15) is 0 Å². The van der Waals surface area contributed by atoms with E-state index < -0.39 is 5.95 Å². The highest BCUT2D eigenvalue weighted by atomic mass is 32.2. The molecule has 0 bridgehead atoms. The number of halogens is 1. The molecule has 0 saturated heterocycles. The fraction of sp³-hybridized carbons (Fsp3) is 0.538. The van der Waals surface area contributed by atoms with Crippen LogP contribution in [0.1, 0.15) is 37.0 Å². The van der Waals surface area contributed by atoms with Crippen LogP contribution in [0.2, 0.25) is 0 Å². The zero-order chi connectivity index (χ0) is 13.6. The van der Waals surface area contributed by atoms with Crippen LogP contribution in [0.5, 0.6) is 0 Å². The van der Waals surface area contributed by atoms with Gasteiger partial charge in [-0.1, -0.05) is 13.8 Å². The highest BCUT2D eigenvalue weighted by molar-refractivity contribution is 8.00. The summed E-state index contributed by atoms with van der Waals surface area (Å²) in [5.74, 6) is -0.888. The minimum absolute atomic E-state index is 0.0568. The second-order valence-electron chi connectivity index (χ2n) is 4.14. The summed E-state index contributed by atoms with van der Waals surface area (Å²) >= 11 is 1.76. The van der Waals surface area contributed by atoms with E-state index in [-0.39, 0.29) is 10.7 Å². The third-order valence-corrected chi connectivity index (χ3v) is 4.87. The quantitative estimate of drug-likeness (QED) is 0.808. The molecule has 0 aliphatic heterocycles. The number of rotatable bonds is 6. The molecule has 1 N–H and O–H groups in total. The summed E-state index contributed by atoms with van der Waals surface area (Å²) in [6.07, 6.45) is 5.31. The molecule has 0 aromatic carbocycles. The van der Waals surface area contributed by atoms with E-state index in [2.05, 4.69) is 24.1 Å². The van der Waals surface area contributed by atoms with Gasteiger partial charge in [0.05, 0.1) is 0 Å². The van der Waals surface area contributed by atoms with Gasteiger partial charge in [-0.2, -0.15) is 16.2 Å². The number of nitrogens with one attached hydrogen (secondary N) is 1. The second kappa shape index (κ2) is 6.73. The Balaban J connectivity index is 2.66. The summed E-state index contributed by atoms with van der Waals surface area (Å²) in [6.45, 7) is 4.81. The lowest BCUT2D eigenvalue weighted by molar-refractivity contribution is 0.0948. The number of carbonyl (C=O) groups excluding carboxylic acids is 1. The first-order chi connectivity index (χ1) is 8.56. The van der Waals surface area contributed by atoms with Crippen LogP contribution in [0, 0.1) is 5.95 Å². The van der Waals surface area contributed by atoms with E-state index in [1.54, 1.807) is 11.8 Å². The van der Waals surface area contributed by atoms with E-state index >= 15 is 0 Å². The summed E-state index contributed by atoms with van der Waals surface area (Å²) in [7, 11) is 0. The van der Waals surface area contributed by atoms with Crippen molar-refractivity contribution in [3.05, 3.63) is 29.8 Å². The Labute approximate surface area is 112 Å². The predicted octanol–water partition coefficient (Wildman–Crippen LogP) is 2.87. The molecule has 1 aromatic heterocycles. The first kappa shape index (κ1) is 15.0. The summed E-state index contributed by atoms with van der Waals surface area (Å²) in [6, 6.07) is 2.66. The molecule has 3 nitrogen and oxygen atoms in total. The molecule has 0 atom stereocenters. The van der Waals surface area contributed by atoms with Crippen LogP contribution in [0.15, 0.2) is 18.3 Å². The summed E-state index contributed by atoms with van der Waals surface area (Å²) < 4.78 is 13.0. The molecule has 0 spiro atoms. The molecule has 0 unspecified atom stereocenters. The van der Waals surface area contributed by atoms with Crippen molar-refractivity contribution in [3.8, 4) is 0 Å². The maximum Gasteiger partial charge on any atom is 0.251 e. The van der Waals surface area contributed by atoms with Crippen LogP contribution in [-0.2, 0) is 0 Å². The fourth-order valence-electron chi connectivity index (χ4n) is 1.75. The minimum atomic E-state index is -0.634. The van der Waals surface area contributed by atoms with E-state index in [0.717, 1.165) is 18.9 Å². The largest absolute Gasteiger partial charge is 0.351 e. The number of pyridine rings is 1. The summed E-state index contributed by atoms with van der Waals surface area (Å²) in [5, 5.41) is 2.87. The standard InChI is InChI=1S/C13H19FN2OS/c1-4-13(5-2,18-3)9-16-12(17)10-6-7-15-11(14)8-10/h6-8H,4-5,9H2,1-3H3,(H,16,17). The number of aromatic nitrogens is 1. The first-order valence-electron chi connectivity index (χ1n) is 6.02. The van der Waals surface area contributed by atoms with Gasteiger partial charge < -0.3 is 5.32 Å². The van der Waals surface area contributed by atoms with Crippen LogP contribution >= 0.6 is 11.8 Å². The number of hydrogen-bond donors (Lipinski definition) is 1. The maximum atomic E-state index is 12.9. The highest BCUT2D eigenvalue weighted by Crippen LogP contribution is 2.29. The molecule has 1 amide bonds. The van der Waals surface area contributed by atoms with Crippen molar-refractivity contribution in [1.29, 1.82) is 0 Å². The van der Waals surface area contributed by atoms with Crippen molar-refractivity contribution in [2.24, 2.45) is 0 Å². The van der Waals surface area contributed by atoms with Gasteiger partial charge in [0.2, 0.25) is 5.95 Å². The second-order valence-corrected chi connectivity index (χ2v) is 5.42. The van der Waals surface area contributed by atoms with Crippen molar-refractivity contribution in [1.82, 2.24) is 10.3 Å². The van der Waals surface area contributed by atoms with Crippen LogP contribution in [0.4, 0.5) is 4.39 Å². The number of carbonyl (C=O) groups is 1. The molecule has 0 fully saturated rings. The number of hydrogen-bond acceptors (Lipinski definition) is 3. The van der Waals surface area contributed by atoms with Crippen molar-refractivity contribution in [3.63, 3.8) is 0 Å². The van der Waals surface area contributed by atoms with Crippen molar-refractivity contribution in [2.75, 3.05) is 12.8 Å². The van der Waals surface area contributed by atoms with Crippen LogP contribution in [0.3, 0.4) is 0 Å². The predicted molar refractivity (Wildman–Crippen MR) is 73.4 cm³/mol. The molecule has 0 aliphatic carbocycles. The Kier molecular flexibility index (Phi) is 5.59. The third kappa shape index (κ3) is 3.70. The van der Waals surface area contributed by atoms with Crippen LogP contribution < -0.4 is 5.32 Å². The van der Waals surface area contributed by atoms with Gasteiger partial charge in [-0.25, -0.2) is 4.98 Å². The molecule has 5 heteroatoms. The summed E-state index contributed by atoms with van der Waals surface area (Å²) in [5.41, 5.74) is 0.310. The Morgan fingerprint density at radius 3 is 2.67 bits per heavy atom. The van der Waals surface area contributed by atoms with Gasteiger partial charge in [-0.15, -0.1) is 0 Å². The Morgan fingerprint density at radius 1 is 1.50 bits per heavy atom. The lowest BCUT2D eigenvalue weighted by Crippen LogP contribution is -2.39. The Morgan fingerprint density at radius 2 is 2.17 bits per heavy atom. The van der Waals surface area contributed by atoms with Gasteiger partial charge in [-0.3, -0.25) is 4.79 Å². The molecular formula is C13H19FN2OS. The smallest absolute Gasteiger partial charge is 0.251 e. The molecular weight excluding hydrogens is 251 g/mol. The fourth-order valence-corrected chi connectivity index (χ4v) is 2.54. The van der Waals surface area contributed by atoms with Crippen LogP contribution in [-0.4, -0.2) is 28.4 Å². The average Bonchev–Trinajstić information content (AvgIpc) is 2.40. The van der Waals surface area contributed by atoms with E-state index in [1.165, 1.54) is 12.3 Å². The molecule has 1 rings (SSSR count). The van der Waals surface area contributed by atoms with Crippen molar-refractivity contribution in [2.45, 2.75) is 31.4 Å². The zero-order valence-electron chi connectivity index (χ0n) is 11.0. The molecule has 0 aliphatic rings. The molecule has 0 saturated carbocycles. The number of amides is 1. The van der Waals surface area contributed by atoms with Crippen molar-refractivity contribution < 1.29 is 9.18 Å². The van der Waals surface area contributed by atoms with E-state index in [0.29, 0.717) is 12.1 Å². The normalized spacial score (nSPS) is 11.3. The monoisotopic (exact) mass is 270 g/mol. The topological polar surface area (TPSA) is 42.0 Å². The van der Waals surface area contributed by atoms with E-state index in [9.17, 15) is 9.18 Å². The highest BCUT2D eigenvalue weighted by Gasteiger charge is 2.25. The number of nitrogens with zero attached hydrogens (tertiary/aromatic N) is 1. The van der Waals surface area contributed by atoms with Gasteiger partial charge in [0.15, 0.2) is 0 Å². The Bertz CT molecular complexity index is 399. The first-order valence-corrected chi connectivity index (χ1v) is 7.24. The van der Waals surface area contributed by atoms with Gasteiger partial charge in [0, 0.05) is 29.1 Å². The third-order valence-electron chi connectivity index (χ3n) is 3.28. The van der Waals surface area contributed by atoms with Crippen LogP contribution in [0.25, 0.3) is 0 Å². The maximum absolute atomic E-state index is 12.9. The minimum Gasteiger partial charge on any atom is -0.351 e. The lowest BCUT2D eigenvalue weighted by Gasteiger charge is -2.29. The molecule has 0 radical (unpaired) electrons. The van der Waals surface area contributed by atoms with Gasteiger partial charge in [-0.05, 0) is 25.2 Å². The van der Waals surface area contributed by atoms with E-state index in [4.69, 9.17) is 0 Å². The molecule has 100 valence electrons. The number of thioether (sulfide) groups is 1. The lowest BCUT2D eigenvalue weighted by atomic mass is 10.0. The van der Waals surface area contributed by atoms with Gasteiger partial charge >= 0.3 is 0 Å². The van der Waals surface area contributed by atoms with Crippen molar-refractivity contribution >= 4 is 17.7 Å². The zero-order valence-corrected chi connectivity index (χ0v) is 11.8. The average molecular weight is 270 g/mol. The van der Waals surface area contributed by atoms with Gasteiger partial charge in [0.25, 0.3) is 5.91 Å². The molecule has 18 heavy (non-hydrogen) atoms.